The molecule has 0 aliphatic carbocycles. The van der Waals surface area contributed by atoms with Crippen LogP contribution in [-0.2, 0) is 4.79 Å². The second-order valence-corrected chi connectivity index (χ2v) is 6.89. The minimum Gasteiger partial charge on any atom is -0.481 e. The van der Waals surface area contributed by atoms with Crippen LogP contribution in [0.15, 0.2) is 5.38 Å². The van der Waals surface area contributed by atoms with Gasteiger partial charge >= 0.3 is 5.97 Å². The van der Waals surface area contributed by atoms with Crippen molar-refractivity contribution >= 4 is 22.4 Å². The Balaban J connectivity index is 2.76. The molecule has 1 atom stereocenters. The predicted octanol–water partition coefficient (Wildman–Crippen LogP) is 2.75. The molecule has 0 aliphatic rings. The molecule has 0 saturated heterocycles. The summed E-state index contributed by atoms with van der Waals surface area (Å²) in [5.41, 5.74) is 1.08. The van der Waals surface area contributed by atoms with Gasteiger partial charge in [0.1, 0.15) is 0 Å². The van der Waals surface area contributed by atoms with Gasteiger partial charge in [-0.3, -0.25) is 4.79 Å². The number of carbonyl (C=O) groups is 1. The van der Waals surface area contributed by atoms with Crippen molar-refractivity contribution in [1.82, 2.24) is 9.88 Å². The van der Waals surface area contributed by atoms with E-state index >= 15 is 0 Å². The quantitative estimate of drug-likeness (QED) is 0.759. The van der Waals surface area contributed by atoms with Crippen molar-refractivity contribution in [3.63, 3.8) is 0 Å². The van der Waals surface area contributed by atoms with Crippen LogP contribution >= 0.6 is 11.3 Å². The molecule has 0 amide bonds. The van der Waals surface area contributed by atoms with Gasteiger partial charge in [-0.2, -0.15) is 0 Å². The summed E-state index contributed by atoms with van der Waals surface area (Å²) in [5.74, 6) is -0.750. The summed E-state index contributed by atoms with van der Waals surface area (Å²) in [4.78, 5) is 20.0. The smallest absolute Gasteiger partial charge is 0.308 e. The van der Waals surface area contributed by atoms with Crippen LogP contribution in [0.1, 0.15) is 38.8 Å². The maximum absolute atomic E-state index is 11.1. The fraction of sp³-hybridized carbons (Fsp3) is 0.733. The predicted molar refractivity (Wildman–Crippen MR) is 88.4 cm³/mol. The van der Waals surface area contributed by atoms with Gasteiger partial charge in [0, 0.05) is 18.5 Å². The van der Waals surface area contributed by atoms with E-state index in [4.69, 9.17) is 5.11 Å². The Bertz CT molecular complexity index is 446. The van der Waals surface area contributed by atoms with Crippen molar-refractivity contribution in [3.8, 4) is 0 Å². The lowest BCUT2D eigenvalue weighted by Gasteiger charge is -2.24. The number of aromatic nitrogens is 1. The Labute approximate surface area is 131 Å². The molecule has 5 nitrogen and oxygen atoms in total. The third-order valence-electron chi connectivity index (χ3n) is 3.32. The van der Waals surface area contributed by atoms with Crippen LogP contribution in [0.5, 0.6) is 0 Å². The van der Waals surface area contributed by atoms with E-state index in [2.05, 4.69) is 34.0 Å². The molecule has 120 valence electrons. The van der Waals surface area contributed by atoms with Crippen molar-refractivity contribution in [2.24, 2.45) is 5.92 Å². The van der Waals surface area contributed by atoms with E-state index < -0.39 is 11.9 Å². The van der Waals surface area contributed by atoms with Gasteiger partial charge in [0.2, 0.25) is 0 Å². The number of aliphatic carboxylic acids is 1. The molecular weight excluding hydrogens is 286 g/mol. The third kappa shape index (κ3) is 6.01. The maximum atomic E-state index is 11.1. The van der Waals surface area contributed by atoms with Crippen LogP contribution in [0.4, 0.5) is 5.13 Å². The average molecular weight is 313 g/mol. The number of hydrogen-bond acceptors (Lipinski definition) is 5. The zero-order valence-electron chi connectivity index (χ0n) is 13.7. The van der Waals surface area contributed by atoms with E-state index in [1.807, 2.05) is 14.1 Å². The van der Waals surface area contributed by atoms with E-state index in [0.717, 1.165) is 30.3 Å². The zero-order valence-corrected chi connectivity index (χ0v) is 14.5. The molecule has 1 rings (SSSR count). The molecule has 0 fully saturated rings. The fourth-order valence-corrected chi connectivity index (χ4v) is 2.96. The first-order valence-electron chi connectivity index (χ1n) is 7.39. The molecule has 1 unspecified atom stereocenters. The first kappa shape index (κ1) is 17.9. The molecule has 21 heavy (non-hydrogen) atoms. The number of rotatable bonds is 9. The minimum atomic E-state index is -0.756. The van der Waals surface area contributed by atoms with Crippen molar-refractivity contribution in [3.05, 3.63) is 11.1 Å². The number of anilines is 1. The van der Waals surface area contributed by atoms with Crippen LogP contribution in [0, 0.1) is 5.92 Å². The summed E-state index contributed by atoms with van der Waals surface area (Å²) in [6.07, 6.45) is 0.996. The van der Waals surface area contributed by atoms with Gasteiger partial charge in [-0.1, -0.05) is 20.8 Å². The normalized spacial score (nSPS) is 12.9. The molecule has 6 heteroatoms. The number of nitrogens with zero attached hydrogens (tertiary/aromatic N) is 3. The summed E-state index contributed by atoms with van der Waals surface area (Å²) >= 11 is 1.61. The molecule has 0 aliphatic heterocycles. The molecule has 0 saturated carbocycles. The topological polar surface area (TPSA) is 56.7 Å². The number of thiazole rings is 1. The molecule has 1 N–H and O–H groups in total. The van der Waals surface area contributed by atoms with Crippen molar-refractivity contribution < 1.29 is 9.90 Å². The number of carboxylic acid groups (broad SMARTS) is 1. The van der Waals surface area contributed by atoms with Gasteiger partial charge in [-0.25, -0.2) is 4.98 Å². The molecule has 1 aromatic rings. The standard InChI is InChI=1S/C15H27N3O2S/c1-11(2)13-10-21-15(16-13)18(8-6-7-17(4)5)9-12(3)14(19)20/h10-12H,6-9H2,1-5H3,(H,19,20). The highest BCUT2D eigenvalue weighted by atomic mass is 32.1. The lowest BCUT2D eigenvalue weighted by molar-refractivity contribution is -0.140. The summed E-state index contributed by atoms with van der Waals surface area (Å²) in [7, 11) is 4.09. The van der Waals surface area contributed by atoms with Gasteiger partial charge in [0.25, 0.3) is 0 Å². The Hall–Kier alpha value is -1.14. The van der Waals surface area contributed by atoms with Gasteiger partial charge in [-0.15, -0.1) is 11.3 Å². The van der Waals surface area contributed by atoms with E-state index in [-0.39, 0.29) is 0 Å². The first-order valence-corrected chi connectivity index (χ1v) is 8.27. The molecule has 1 heterocycles. The van der Waals surface area contributed by atoms with Crippen LogP contribution in [0.25, 0.3) is 0 Å². The van der Waals surface area contributed by atoms with E-state index in [0.29, 0.717) is 12.5 Å². The summed E-state index contributed by atoms with van der Waals surface area (Å²) in [5, 5.41) is 12.1. The summed E-state index contributed by atoms with van der Waals surface area (Å²) in [6, 6.07) is 0. The van der Waals surface area contributed by atoms with Crippen LogP contribution < -0.4 is 4.90 Å². The average Bonchev–Trinajstić information content (AvgIpc) is 2.86. The van der Waals surface area contributed by atoms with Crippen molar-refractivity contribution in [1.29, 1.82) is 0 Å². The summed E-state index contributed by atoms with van der Waals surface area (Å²) in [6.45, 7) is 8.32. The first-order chi connectivity index (χ1) is 9.81. The Morgan fingerprint density at radius 1 is 1.33 bits per heavy atom. The third-order valence-corrected chi connectivity index (χ3v) is 4.24. The van der Waals surface area contributed by atoms with Crippen LogP contribution in [-0.4, -0.2) is 54.7 Å². The largest absolute Gasteiger partial charge is 0.481 e. The Morgan fingerprint density at radius 2 is 2.00 bits per heavy atom. The molecule has 1 aromatic heterocycles. The Kier molecular flexibility index (Phi) is 7.11. The second kappa shape index (κ2) is 8.34. The Morgan fingerprint density at radius 3 is 2.48 bits per heavy atom. The van der Waals surface area contributed by atoms with Gasteiger partial charge < -0.3 is 14.9 Å². The maximum Gasteiger partial charge on any atom is 0.308 e. The van der Waals surface area contributed by atoms with Gasteiger partial charge in [-0.05, 0) is 33.0 Å². The van der Waals surface area contributed by atoms with Crippen LogP contribution in [0.2, 0.25) is 0 Å². The molecule has 0 aromatic carbocycles. The zero-order chi connectivity index (χ0) is 16.0. The highest BCUT2D eigenvalue weighted by Gasteiger charge is 2.19. The minimum absolute atomic E-state index is 0.393. The lowest BCUT2D eigenvalue weighted by Crippen LogP contribution is -2.34. The van der Waals surface area contributed by atoms with E-state index in [1.54, 1.807) is 18.3 Å². The SMILES string of the molecule is CC(CN(CCCN(C)C)c1nc(C(C)C)cs1)C(=O)O. The van der Waals surface area contributed by atoms with Gasteiger partial charge in [0.05, 0.1) is 11.6 Å². The lowest BCUT2D eigenvalue weighted by atomic mass is 10.1. The van der Waals surface area contributed by atoms with E-state index in [1.165, 1.54) is 0 Å². The second-order valence-electron chi connectivity index (χ2n) is 6.05. The molecule has 0 spiro atoms. The fourth-order valence-electron chi connectivity index (χ4n) is 1.94. The highest BCUT2D eigenvalue weighted by molar-refractivity contribution is 7.13. The van der Waals surface area contributed by atoms with Gasteiger partial charge in [0.15, 0.2) is 5.13 Å². The number of carboxylic acids is 1. The molecular formula is C15H27N3O2S. The molecule has 0 bridgehead atoms. The monoisotopic (exact) mass is 313 g/mol. The number of hydrogen-bond donors (Lipinski definition) is 1. The van der Waals surface area contributed by atoms with Crippen molar-refractivity contribution in [2.45, 2.75) is 33.1 Å². The highest BCUT2D eigenvalue weighted by Crippen LogP contribution is 2.25. The van der Waals surface area contributed by atoms with Crippen LogP contribution in [0.3, 0.4) is 0 Å². The summed E-state index contributed by atoms with van der Waals surface area (Å²) < 4.78 is 0. The van der Waals surface area contributed by atoms with E-state index in [9.17, 15) is 4.79 Å². The van der Waals surface area contributed by atoms with Crippen molar-refractivity contribution in [2.75, 3.05) is 38.6 Å². The molecule has 0 radical (unpaired) electrons.